The SMILES string of the molecule is CCO[Si](Cc1ccc(CCBr)cc1)(OCC)OCC. The highest BCUT2D eigenvalue weighted by molar-refractivity contribution is 9.09. The lowest BCUT2D eigenvalue weighted by Crippen LogP contribution is -2.48. The van der Waals surface area contributed by atoms with Gasteiger partial charge in [0.15, 0.2) is 0 Å². The molecule has 0 amide bonds. The Morgan fingerprint density at radius 3 is 1.70 bits per heavy atom. The molecule has 1 aromatic carbocycles. The first-order valence-electron chi connectivity index (χ1n) is 7.25. The van der Waals surface area contributed by atoms with E-state index in [1.165, 1.54) is 11.1 Å². The second-order valence-electron chi connectivity index (χ2n) is 4.41. The molecule has 0 aliphatic heterocycles. The Morgan fingerprint density at radius 2 is 1.30 bits per heavy atom. The van der Waals surface area contributed by atoms with Crippen LogP contribution in [0.3, 0.4) is 0 Å². The number of rotatable bonds is 10. The lowest BCUT2D eigenvalue weighted by atomic mass is 10.1. The molecule has 114 valence electrons. The third-order valence-electron chi connectivity index (χ3n) is 2.92. The summed E-state index contributed by atoms with van der Waals surface area (Å²) in [5.41, 5.74) is 2.55. The molecule has 0 spiro atoms. The fraction of sp³-hybridized carbons (Fsp3) is 0.600. The maximum Gasteiger partial charge on any atom is 0.505 e. The molecule has 0 aromatic heterocycles. The summed E-state index contributed by atoms with van der Waals surface area (Å²) in [6, 6.07) is 9.36. The Bertz CT molecular complexity index is 353. The van der Waals surface area contributed by atoms with Crippen molar-refractivity contribution in [2.24, 2.45) is 0 Å². The van der Waals surface area contributed by atoms with Crippen molar-refractivity contribution in [3.63, 3.8) is 0 Å². The summed E-state index contributed by atoms with van der Waals surface area (Å²) < 4.78 is 17.6. The molecule has 0 heterocycles. The van der Waals surface area contributed by atoms with Crippen molar-refractivity contribution in [2.45, 2.75) is 33.2 Å². The van der Waals surface area contributed by atoms with Gasteiger partial charge in [-0.25, -0.2) is 0 Å². The van der Waals surface area contributed by atoms with Crippen LogP contribution < -0.4 is 0 Å². The summed E-state index contributed by atoms with van der Waals surface area (Å²) in [4.78, 5) is 0. The van der Waals surface area contributed by atoms with Crippen LogP contribution in [0.4, 0.5) is 0 Å². The van der Waals surface area contributed by atoms with Crippen LogP contribution in [-0.4, -0.2) is 34.0 Å². The molecule has 1 rings (SSSR count). The predicted molar refractivity (Wildman–Crippen MR) is 88.3 cm³/mol. The van der Waals surface area contributed by atoms with Gasteiger partial charge in [-0.05, 0) is 38.3 Å². The van der Waals surface area contributed by atoms with E-state index < -0.39 is 8.80 Å². The number of benzene rings is 1. The second-order valence-corrected chi connectivity index (χ2v) is 7.79. The van der Waals surface area contributed by atoms with Crippen LogP contribution in [0.1, 0.15) is 31.9 Å². The van der Waals surface area contributed by atoms with Gasteiger partial charge >= 0.3 is 8.80 Å². The van der Waals surface area contributed by atoms with E-state index >= 15 is 0 Å². The molecule has 0 saturated heterocycles. The Balaban J connectivity index is 2.81. The van der Waals surface area contributed by atoms with Gasteiger partial charge in [-0.2, -0.15) is 0 Å². The summed E-state index contributed by atoms with van der Waals surface area (Å²) in [6.45, 7) is 7.81. The first kappa shape index (κ1) is 17.8. The fourth-order valence-electron chi connectivity index (χ4n) is 2.12. The fourth-order valence-corrected chi connectivity index (χ4v) is 5.19. The minimum Gasteiger partial charge on any atom is -0.374 e. The summed E-state index contributed by atoms with van der Waals surface area (Å²) >= 11 is 3.46. The molecule has 0 aliphatic carbocycles. The van der Waals surface area contributed by atoms with Gasteiger partial charge in [0, 0.05) is 31.2 Å². The van der Waals surface area contributed by atoms with E-state index in [0.717, 1.165) is 17.8 Å². The molecule has 5 heteroatoms. The van der Waals surface area contributed by atoms with E-state index in [9.17, 15) is 0 Å². The zero-order valence-electron chi connectivity index (χ0n) is 12.7. The van der Waals surface area contributed by atoms with Gasteiger partial charge < -0.3 is 13.3 Å². The summed E-state index contributed by atoms with van der Waals surface area (Å²) in [5.74, 6) is 0. The quantitative estimate of drug-likeness (QED) is 0.469. The molecule has 0 radical (unpaired) electrons. The highest BCUT2D eigenvalue weighted by Gasteiger charge is 2.40. The zero-order valence-corrected chi connectivity index (χ0v) is 15.2. The average molecular weight is 361 g/mol. The molecule has 0 saturated carbocycles. The van der Waals surface area contributed by atoms with Crippen LogP contribution in [-0.2, 0) is 25.7 Å². The Labute approximate surface area is 132 Å². The van der Waals surface area contributed by atoms with E-state index in [2.05, 4.69) is 40.2 Å². The molecule has 0 bridgehead atoms. The van der Waals surface area contributed by atoms with E-state index in [-0.39, 0.29) is 0 Å². The molecule has 0 fully saturated rings. The third kappa shape index (κ3) is 5.66. The molecule has 0 aliphatic rings. The summed E-state index contributed by atoms with van der Waals surface area (Å²) in [6.07, 6.45) is 1.05. The van der Waals surface area contributed by atoms with Gasteiger partial charge in [0.2, 0.25) is 0 Å². The predicted octanol–water partition coefficient (Wildman–Crippen LogP) is 3.75. The van der Waals surface area contributed by atoms with Gasteiger partial charge in [0.05, 0.1) is 0 Å². The molecule has 20 heavy (non-hydrogen) atoms. The first-order chi connectivity index (χ1) is 9.69. The normalized spacial score (nSPS) is 11.8. The largest absolute Gasteiger partial charge is 0.505 e. The molecule has 1 aromatic rings. The van der Waals surface area contributed by atoms with Crippen molar-refractivity contribution < 1.29 is 13.3 Å². The number of halogens is 1. The summed E-state index contributed by atoms with van der Waals surface area (Å²) in [7, 11) is -2.58. The van der Waals surface area contributed by atoms with Crippen molar-refractivity contribution in [1.82, 2.24) is 0 Å². The van der Waals surface area contributed by atoms with Crippen molar-refractivity contribution in [3.8, 4) is 0 Å². The Morgan fingerprint density at radius 1 is 0.850 bits per heavy atom. The Hall–Kier alpha value is -0.203. The molecular formula is C15H25BrO3Si. The van der Waals surface area contributed by atoms with E-state index in [0.29, 0.717) is 19.8 Å². The van der Waals surface area contributed by atoms with E-state index in [1.54, 1.807) is 0 Å². The van der Waals surface area contributed by atoms with Gasteiger partial charge in [-0.15, -0.1) is 0 Å². The first-order valence-corrected chi connectivity index (χ1v) is 10.3. The van der Waals surface area contributed by atoms with Gasteiger partial charge in [-0.1, -0.05) is 40.2 Å². The lowest BCUT2D eigenvalue weighted by Gasteiger charge is -2.28. The Kier molecular flexibility index (Phi) is 8.64. The number of hydrogen-bond donors (Lipinski definition) is 0. The number of aryl methyl sites for hydroxylation is 1. The van der Waals surface area contributed by atoms with Gasteiger partial charge in [0.25, 0.3) is 0 Å². The van der Waals surface area contributed by atoms with Crippen LogP contribution in [0.15, 0.2) is 24.3 Å². The second kappa shape index (κ2) is 9.68. The third-order valence-corrected chi connectivity index (χ3v) is 6.34. The molecule has 0 N–H and O–H groups in total. The molecule has 0 unspecified atom stereocenters. The van der Waals surface area contributed by atoms with Crippen molar-refractivity contribution >= 4 is 24.7 Å². The van der Waals surface area contributed by atoms with Crippen LogP contribution in [0.5, 0.6) is 0 Å². The van der Waals surface area contributed by atoms with Crippen molar-refractivity contribution in [1.29, 1.82) is 0 Å². The zero-order chi connectivity index (χ0) is 14.8. The van der Waals surface area contributed by atoms with Crippen LogP contribution >= 0.6 is 15.9 Å². The van der Waals surface area contributed by atoms with Crippen LogP contribution in [0.25, 0.3) is 0 Å². The molecule has 0 atom stereocenters. The number of hydrogen-bond acceptors (Lipinski definition) is 3. The smallest absolute Gasteiger partial charge is 0.374 e. The highest BCUT2D eigenvalue weighted by Crippen LogP contribution is 2.18. The lowest BCUT2D eigenvalue weighted by molar-refractivity contribution is 0.0704. The van der Waals surface area contributed by atoms with Crippen LogP contribution in [0.2, 0.25) is 0 Å². The van der Waals surface area contributed by atoms with Crippen molar-refractivity contribution in [3.05, 3.63) is 35.4 Å². The van der Waals surface area contributed by atoms with Crippen LogP contribution in [0, 0.1) is 0 Å². The maximum absolute atomic E-state index is 5.88. The topological polar surface area (TPSA) is 27.7 Å². The molecular weight excluding hydrogens is 336 g/mol. The van der Waals surface area contributed by atoms with E-state index in [1.807, 2.05) is 20.8 Å². The van der Waals surface area contributed by atoms with E-state index in [4.69, 9.17) is 13.3 Å². The number of alkyl halides is 1. The highest BCUT2D eigenvalue weighted by atomic mass is 79.9. The average Bonchev–Trinajstić information content (AvgIpc) is 2.42. The van der Waals surface area contributed by atoms with Crippen molar-refractivity contribution in [2.75, 3.05) is 25.2 Å². The minimum atomic E-state index is -2.58. The standard InChI is InChI=1S/C15H25BrO3Si/c1-4-17-20(18-5-2,19-6-3)13-15-9-7-14(8-10-15)11-12-16/h7-10H,4-6,11-13H2,1-3H3. The monoisotopic (exact) mass is 360 g/mol. The molecule has 3 nitrogen and oxygen atoms in total. The van der Waals surface area contributed by atoms with Gasteiger partial charge in [0.1, 0.15) is 0 Å². The minimum absolute atomic E-state index is 0.619. The summed E-state index contributed by atoms with van der Waals surface area (Å²) in [5, 5.41) is 0.988. The van der Waals surface area contributed by atoms with Gasteiger partial charge in [-0.3, -0.25) is 0 Å². The maximum atomic E-state index is 5.88.